The highest BCUT2D eigenvalue weighted by atomic mass is 79.9. The van der Waals surface area contributed by atoms with E-state index in [0.29, 0.717) is 0 Å². The van der Waals surface area contributed by atoms with E-state index in [9.17, 15) is 4.79 Å². The van der Waals surface area contributed by atoms with E-state index in [-0.39, 0.29) is 5.91 Å². The van der Waals surface area contributed by atoms with Crippen LogP contribution in [0.1, 0.15) is 10.4 Å². The minimum atomic E-state index is 0.129. The smallest absolute Gasteiger partial charge is 0.256 e. The molecule has 1 saturated heterocycles. The highest BCUT2D eigenvalue weighted by Gasteiger charge is 2.27. The van der Waals surface area contributed by atoms with Gasteiger partial charge in [-0.25, -0.2) is 0 Å². The normalized spacial score (nSPS) is 15.0. The first kappa shape index (κ1) is 8.72. The van der Waals surface area contributed by atoms with Gasteiger partial charge in [0.2, 0.25) is 0 Å². The third kappa shape index (κ3) is 1.58. The fraction of sp³-hybridized carbons (Fsp3) is 0.286. The molecular weight excluding hydrogens is 306 g/mol. The Morgan fingerprint density at radius 3 is 2.58 bits per heavy atom. The molecule has 0 saturated carbocycles. The van der Waals surface area contributed by atoms with Gasteiger partial charge in [-0.1, -0.05) is 0 Å². The molecule has 0 atom stereocenters. The van der Waals surface area contributed by atoms with Crippen LogP contribution >= 0.6 is 43.2 Å². The second-order valence-corrected chi connectivity index (χ2v) is 6.28. The molecule has 1 aliphatic rings. The van der Waals surface area contributed by atoms with Gasteiger partial charge in [0.05, 0.1) is 13.1 Å². The summed E-state index contributed by atoms with van der Waals surface area (Å²) >= 11 is 8.22. The molecule has 1 aliphatic heterocycles. The SMILES string of the molecule is O=C(c1cc(Br)sc1Br)N1CC1. The Morgan fingerprint density at radius 2 is 2.17 bits per heavy atom. The van der Waals surface area contributed by atoms with Gasteiger partial charge in [-0.2, -0.15) is 0 Å². The van der Waals surface area contributed by atoms with Crippen molar-refractivity contribution in [3.63, 3.8) is 0 Å². The van der Waals surface area contributed by atoms with E-state index in [1.165, 1.54) is 11.3 Å². The molecule has 64 valence electrons. The number of thiophene rings is 1. The summed E-state index contributed by atoms with van der Waals surface area (Å²) in [6, 6.07) is 1.86. The first-order valence-electron chi connectivity index (χ1n) is 3.42. The molecular formula is C7H5Br2NOS. The molecule has 2 rings (SSSR count). The van der Waals surface area contributed by atoms with Crippen molar-refractivity contribution in [3.05, 3.63) is 19.2 Å². The monoisotopic (exact) mass is 309 g/mol. The molecule has 12 heavy (non-hydrogen) atoms. The first-order valence-corrected chi connectivity index (χ1v) is 5.83. The Balaban J connectivity index is 2.31. The van der Waals surface area contributed by atoms with Crippen molar-refractivity contribution in [2.75, 3.05) is 13.1 Å². The summed E-state index contributed by atoms with van der Waals surface area (Å²) in [6.07, 6.45) is 0. The quantitative estimate of drug-likeness (QED) is 0.730. The number of carbonyl (C=O) groups excluding carboxylic acids is 1. The van der Waals surface area contributed by atoms with E-state index < -0.39 is 0 Å². The van der Waals surface area contributed by atoms with E-state index in [4.69, 9.17) is 0 Å². The van der Waals surface area contributed by atoms with Gasteiger partial charge in [0.1, 0.15) is 0 Å². The molecule has 0 radical (unpaired) electrons. The molecule has 1 aromatic rings. The summed E-state index contributed by atoms with van der Waals surface area (Å²) in [5.74, 6) is 0.129. The highest BCUT2D eigenvalue weighted by molar-refractivity contribution is 9.12. The van der Waals surface area contributed by atoms with Gasteiger partial charge < -0.3 is 4.90 Å². The van der Waals surface area contributed by atoms with Crippen LogP contribution in [0.3, 0.4) is 0 Å². The molecule has 1 aromatic heterocycles. The number of hydrogen-bond donors (Lipinski definition) is 0. The largest absolute Gasteiger partial charge is 0.335 e. The van der Waals surface area contributed by atoms with Crippen LogP contribution in [0.15, 0.2) is 13.6 Å². The number of carbonyl (C=O) groups is 1. The van der Waals surface area contributed by atoms with Crippen molar-refractivity contribution in [2.24, 2.45) is 0 Å². The molecule has 1 amide bonds. The van der Waals surface area contributed by atoms with Gasteiger partial charge in [-0.05, 0) is 37.9 Å². The Bertz CT molecular complexity index is 332. The molecule has 0 aliphatic carbocycles. The average Bonchev–Trinajstić information content (AvgIpc) is 2.77. The summed E-state index contributed by atoms with van der Waals surface area (Å²) < 4.78 is 1.89. The van der Waals surface area contributed by atoms with E-state index in [1.807, 2.05) is 6.07 Å². The summed E-state index contributed by atoms with van der Waals surface area (Å²) in [5, 5.41) is 0. The zero-order valence-electron chi connectivity index (χ0n) is 6.01. The fourth-order valence-electron chi connectivity index (χ4n) is 0.910. The molecule has 0 unspecified atom stereocenters. The van der Waals surface area contributed by atoms with Crippen molar-refractivity contribution < 1.29 is 4.79 Å². The van der Waals surface area contributed by atoms with Crippen LogP contribution in [0.4, 0.5) is 0 Å². The molecule has 0 spiro atoms. The fourth-order valence-corrected chi connectivity index (χ4v) is 3.69. The predicted molar refractivity (Wildman–Crippen MR) is 55.6 cm³/mol. The van der Waals surface area contributed by atoms with E-state index in [2.05, 4.69) is 31.9 Å². The second-order valence-electron chi connectivity index (χ2n) is 2.53. The van der Waals surface area contributed by atoms with Gasteiger partial charge in [-0.3, -0.25) is 4.79 Å². The first-order chi connectivity index (χ1) is 5.68. The van der Waals surface area contributed by atoms with Crippen molar-refractivity contribution in [3.8, 4) is 0 Å². The van der Waals surface area contributed by atoms with Crippen molar-refractivity contribution in [2.45, 2.75) is 0 Å². The minimum Gasteiger partial charge on any atom is -0.335 e. The molecule has 2 heterocycles. The van der Waals surface area contributed by atoms with Gasteiger partial charge in [0.25, 0.3) is 5.91 Å². The summed E-state index contributed by atoms with van der Waals surface area (Å²) in [5.41, 5.74) is 0.768. The van der Waals surface area contributed by atoms with Crippen LogP contribution in [0, 0.1) is 0 Å². The van der Waals surface area contributed by atoms with Crippen LogP contribution < -0.4 is 0 Å². The van der Waals surface area contributed by atoms with Crippen LogP contribution in [-0.4, -0.2) is 23.9 Å². The second kappa shape index (κ2) is 3.12. The number of hydrogen-bond acceptors (Lipinski definition) is 2. The van der Waals surface area contributed by atoms with E-state index in [1.54, 1.807) is 4.90 Å². The maximum absolute atomic E-state index is 11.5. The Labute approximate surface area is 90.8 Å². The molecule has 1 fully saturated rings. The van der Waals surface area contributed by atoms with Crippen LogP contribution in [0.25, 0.3) is 0 Å². The van der Waals surface area contributed by atoms with E-state index >= 15 is 0 Å². The van der Waals surface area contributed by atoms with Gasteiger partial charge in [0, 0.05) is 13.1 Å². The highest BCUT2D eigenvalue weighted by Crippen LogP contribution is 2.33. The number of rotatable bonds is 1. The Kier molecular flexibility index (Phi) is 2.27. The summed E-state index contributed by atoms with van der Waals surface area (Å²) in [4.78, 5) is 13.3. The standard InChI is InChI=1S/C7H5Br2NOS/c8-5-3-4(6(9)12-5)7(11)10-1-2-10/h3H,1-2H2. The lowest BCUT2D eigenvalue weighted by Gasteiger charge is -1.97. The van der Waals surface area contributed by atoms with Gasteiger partial charge >= 0.3 is 0 Å². The van der Waals surface area contributed by atoms with Crippen molar-refractivity contribution >= 4 is 49.1 Å². The average molecular weight is 311 g/mol. The lowest BCUT2D eigenvalue weighted by Crippen LogP contribution is -2.09. The van der Waals surface area contributed by atoms with Gasteiger partial charge in [0.15, 0.2) is 0 Å². The van der Waals surface area contributed by atoms with E-state index in [0.717, 1.165) is 26.2 Å². The lowest BCUT2D eigenvalue weighted by atomic mass is 10.3. The molecule has 0 bridgehead atoms. The van der Waals surface area contributed by atoms with Crippen LogP contribution in [0.5, 0.6) is 0 Å². The Morgan fingerprint density at radius 1 is 1.50 bits per heavy atom. The lowest BCUT2D eigenvalue weighted by molar-refractivity contribution is 0.0885. The molecule has 0 aromatic carbocycles. The maximum atomic E-state index is 11.5. The molecule has 0 N–H and O–H groups in total. The number of amides is 1. The number of halogens is 2. The van der Waals surface area contributed by atoms with Gasteiger partial charge in [-0.15, -0.1) is 11.3 Å². The Hall–Kier alpha value is 0.130. The third-order valence-corrected chi connectivity index (χ3v) is 3.96. The van der Waals surface area contributed by atoms with Crippen LogP contribution in [0.2, 0.25) is 0 Å². The maximum Gasteiger partial charge on any atom is 0.256 e. The predicted octanol–water partition coefficient (Wildman–Crippen LogP) is 2.73. The van der Waals surface area contributed by atoms with Crippen LogP contribution in [-0.2, 0) is 0 Å². The molecule has 5 heteroatoms. The zero-order valence-corrected chi connectivity index (χ0v) is 10.00. The van der Waals surface area contributed by atoms with Crippen molar-refractivity contribution in [1.82, 2.24) is 4.90 Å². The molecule has 2 nitrogen and oxygen atoms in total. The number of nitrogens with zero attached hydrogens (tertiary/aromatic N) is 1. The summed E-state index contributed by atoms with van der Waals surface area (Å²) in [6.45, 7) is 1.80. The topological polar surface area (TPSA) is 20.1 Å². The minimum absolute atomic E-state index is 0.129. The third-order valence-electron chi connectivity index (χ3n) is 1.62. The zero-order chi connectivity index (χ0) is 8.72. The van der Waals surface area contributed by atoms with Crippen molar-refractivity contribution in [1.29, 1.82) is 0 Å². The summed E-state index contributed by atoms with van der Waals surface area (Å²) in [7, 11) is 0.